The van der Waals surface area contributed by atoms with E-state index in [1.165, 1.54) is 40.2 Å². The number of anilines is 1. The molecule has 0 aromatic heterocycles. The molecular weight excluding hydrogens is 436 g/mol. The van der Waals surface area contributed by atoms with Gasteiger partial charge in [-0.05, 0) is 43.3 Å². The summed E-state index contributed by atoms with van der Waals surface area (Å²) in [6.07, 6.45) is -4.69. The highest BCUT2D eigenvalue weighted by Crippen LogP contribution is 2.37. The van der Waals surface area contributed by atoms with Crippen molar-refractivity contribution in [1.82, 2.24) is 4.90 Å². The summed E-state index contributed by atoms with van der Waals surface area (Å²) in [5.74, 6) is 4.78. The average Bonchev–Trinajstić information content (AvgIpc) is 2.70. The van der Waals surface area contributed by atoms with E-state index in [2.05, 4.69) is 0 Å². The number of hydrogen-bond acceptors (Lipinski definition) is 4. The second-order valence-electron chi connectivity index (χ2n) is 7.39. The second-order valence-corrected chi connectivity index (χ2v) is 7.76. The standard InChI is InChI=1S/C21H21ClF4N4O/c1-11-10-29(20(31)15-4-3-5-16(17(15)22)21(24,25)26)12(2)18(27)19(11)30(28)14-8-6-13(23)7-9-14/h3-9,11-12H,10,27-28H2,1-2H3. The van der Waals surface area contributed by atoms with E-state index < -0.39 is 34.5 Å². The summed E-state index contributed by atoms with van der Waals surface area (Å²) in [6.45, 7) is 3.59. The average molecular weight is 457 g/mol. The van der Waals surface area contributed by atoms with Crippen LogP contribution in [0.1, 0.15) is 29.8 Å². The third kappa shape index (κ3) is 4.33. The van der Waals surface area contributed by atoms with E-state index in [-0.39, 0.29) is 23.7 Å². The van der Waals surface area contributed by atoms with Crippen LogP contribution < -0.4 is 16.6 Å². The normalized spacial score (nSPS) is 19.5. The maximum atomic E-state index is 13.2. The molecule has 3 rings (SSSR count). The molecular formula is C21H21ClF4N4O. The van der Waals surface area contributed by atoms with E-state index in [1.54, 1.807) is 13.8 Å². The molecule has 0 radical (unpaired) electrons. The van der Waals surface area contributed by atoms with Crippen LogP contribution in [0, 0.1) is 11.7 Å². The fourth-order valence-corrected chi connectivity index (χ4v) is 3.97. The van der Waals surface area contributed by atoms with Crippen LogP contribution in [0.15, 0.2) is 53.9 Å². The first-order valence-corrected chi connectivity index (χ1v) is 9.77. The minimum Gasteiger partial charge on any atom is -0.399 e. The highest BCUT2D eigenvalue weighted by atomic mass is 35.5. The molecule has 0 spiro atoms. The molecule has 2 aromatic carbocycles. The summed E-state index contributed by atoms with van der Waals surface area (Å²) in [7, 11) is 0. The number of carbonyl (C=O) groups excluding carboxylic acids is 1. The number of alkyl halides is 3. The van der Waals surface area contributed by atoms with Crippen molar-refractivity contribution in [2.24, 2.45) is 17.5 Å². The van der Waals surface area contributed by atoms with Gasteiger partial charge in [-0.25, -0.2) is 10.2 Å². The summed E-state index contributed by atoms with van der Waals surface area (Å²) in [4.78, 5) is 14.5. The van der Waals surface area contributed by atoms with Gasteiger partial charge in [0.2, 0.25) is 0 Å². The van der Waals surface area contributed by atoms with Crippen LogP contribution in [0.2, 0.25) is 5.02 Å². The molecule has 4 N–H and O–H groups in total. The largest absolute Gasteiger partial charge is 0.417 e. The molecule has 0 fully saturated rings. The zero-order chi connectivity index (χ0) is 23.1. The van der Waals surface area contributed by atoms with Crippen LogP contribution in [0.4, 0.5) is 23.2 Å². The van der Waals surface area contributed by atoms with Gasteiger partial charge in [0, 0.05) is 12.5 Å². The van der Waals surface area contributed by atoms with Gasteiger partial charge in [0.05, 0.1) is 39.3 Å². The zero-order valence-electron chi connectivity index (χ0n) is 16.8. The number of nitrogens with two attached hydrogens (primary N) is 2. The lowest BCUT2D eigenvalue weighted by Crippen LogP contribution is -2.52. The zero-order valence-corrected chi connectivity index (χ0v) is 17.5. The SMILES string of the molecule is CC1CN(C(=O)c2cccc(C(F)(F)F)c2Cl)C(C)C(N)=C1N(N)c1ccc(F)cc1. The van der Waals surface area contributed by atoms with E-state index in [0.717, 1.165) is 12.1 Å². The predicted molar refractivity (Wildman–Crippen MR) is 110 cm³/mol. The Morgan fingerprint density at radius 1 is 1.16 bits per heavy atom. The second kappa shape index (κ2) is 8.39. The summed E-state index contributed by atoms with van der Waals surface area (Å²) < 4.78 is 52.8. The van der Waals surface area contributed by atoms with Crippen molar-refractivity contribution in [2.45, 2.75) is 26.1 Å². The van der Waals surface area contributed by atoms with Gasteiger partial charge in [-0.3, -0.25) is 9.80 Å². The molecule has 2 unspecified atom stereocenters. The monoisotopic (exact) mass is 456 g/mol. The number of halogens is 5. The maximum Gasteiger partial charge on any atom is 0.417 e. The number of hydrazine groups is 1. The van der Waals surface area contributed by atoms with Crippen LogP contribution in [-0.4, -0.2) is 23.4 Å². The lowest BCUT2D eigenvalue weighted by atomic mass is 9.94. The summed E-state index contributed by atoms with van der Waals surface area (Å²) in [6, 6.07) is 8.06. The van der Waals surface area contributed by atoms with E-state index in [9.17, 15) is 22.4 Å². The molecule has 2 atom stereocenters. The predicted octanol–water partition coefficient (Wildman–Crippen LogP) is 4.53. The molecule has 1 amide bonds. The fraction of sp³-hybridized carbons (Fsp3) is 0.286. The van der Waals surface area contributed by atoms with E-state index >= 15 is 0 Å². The quantitative estimate of drug-likeness (QED) is 0.404. The van der Waals surface area contributed by atoms with Gasteiger partial charge in [-0.1, -0.05) is 24.6 Å². The van der Waals surface area contributed by atoms with E-state index in [1.807, 2.05) is 0 Å². The molecule has 10 heteroatoms. The van der Waals surface area contributed by atoms with Gasteiger partial charge >= 0.3 is 6.18 Å². The molecule has 0 bridgehead atoms. The summed E-state index contributed by atoms with van der Waals surface area (Å²) >= 11 is 5.93. The first kappa shape index (κ1) is 22.9. The molecule has 1 aliphatic heterocycles. The first-order valence-electron chi connectivity index (χ1n) is 9.40. The highest BCUT2D eigenvalue weighted by Gasteiger charge is 2.38. The number of rotatable bonds is 3. The van der Waals surface area contributed by atoms with Crippen LogP contribution in [0.3, 0.4) is 0 Å². The van der Waals surface area contributed by atoms with Gasteiger partial charge in [0.15, 0.2) is 0 Å². The van der Waals surface area contributed by atoms with Gasteiger partial charge in [-0.2, -0.15) is 13.2 Å². The minimum absolute atomic E-state index is 0.150. The van der Waals surface area contributed by atoms with Crippen LogP contribution in [0.25, 0.3) is 0 Å². The third-order valence-electron chi connectivity index (χ3n) is 5.31. The first-order chi connectivity index (χ1) is 14.4. The molecule has 166 valence electrons. The minimum atomic E-state index is -4.69. The summed E-state index contributed by atoms with van der Waals surface area (Å²) in [5.41, 5.74) is 6.29. The van der Waals surface area contributed by atoms with Crippen molar-refractivity contribution in [1.29, 1.82) is 0 Å². The maximum absolute atomic E-state index is 13.2. The Morgan fingerprint density at radius 3 is 2.35 bits per heavy atom. The molecule has 31 heavy (non-hydrogen) atoms. The van der Waals surface area contributed by atoms with Crippen LogP contribution in [0.5, 0.6) is 0 Å². The van der Waals surface area contributed by atoms with E-state index in [0.29, 0.717) is 11.4 Å². The number of benzene rings is 2. The molecule has 2 aromatic rings. The Kier molecular flexibility index (Phi) is 6.20. The number of hydrogen-bond donors (Lipinski definition) is 2. The Balaban J connectivity index is 1.95. The Bertz CT molecular complexity index is 1020. The number of amides is 1. The van der Waals surface area contributed by atoms with Gasteiger partial charge in [-0.15, -0.1) is 0 Å². The molecule has 0 saturated heterocycles. The van der Waals surface area contributed by atoms with Crippen LogP contribution in [-0.2, 0) is 6.18 Å². The van der Waals surface area contributed by atoms with Gasteiger partial charge in [0.1, 0.15) is 5.82 Å². The molecule has 1 heterocycles. The van der Waals surface area contributed by atoms with Gasteiger partial charge < -0.3 is 10.6 Å². The number of carbonyl (C=O) groups is 1. The van der Waals surface area contributed by atoms with Crippen molar-refractivity contribution in [3.05, 3.63) is 75.8 Å². The van der Waals surface area contributed by atoms with Crippen molar-refractivity contribution >= 4 is 23.2 Å². The third-order valence-corrected chi connectivity index (χ3v) is 5.72. The fourth-order valence-electron chi connectivity index (χ4n) is 3.65. The molecule has 1 aliphatic rings. The molecule has 5 nitrogen and oxygen atoms in total. The summed E-state index contributed by atoms with van der Waals surface area (Å²) in [5, 5.41) is 0.676. The Hall–Kier alpha value is -2.78. The Labute approximate surface area is 181 Å². The topological polar surface area (TPSA) is 75.6 Å². The van der Waals surface area contributed by atoms with E-state index in [4.69, 9.17) is 23.2 Å². The van der Waals surface area contributed by atoms with Crippen molar-refractivity contribution in [2.75, 3.05) is 11.6 Å². The number of nitrogens with zero attached hydrogens (tertiary/aromatic N) is 2. The van der Waals surface area contributed by atoms with Crippen molar-refractivity contribution < 1.29 is 22.4 Å². The van der Waals surface area contributed by atoms with Crippen molar-refractivity contribution in [3.63, 3.8) is 0 Å². The Morgan fingerprint density at radius 2 is 1.77 bits per heavy atom. The van der Waals surface area contributed by atoms with Gasteiger partial charge in [0.25, 0.3) is 5.91 Å². The molecule has 0 saturated carbocycles. The lowest BCUT2D eigenvalue weighted by molar-refractivity contribution is -0.137. The van der Waals surface area contributed by atoms with Crippen molar-refractivity contribution in [3.8, 4) is 0 Å². The smallest absolute Gasteiger partial charge is 0.399 e. The highest BCUT2D eigenvalue weighted by molar-refractivity contribution is 6.34. The lowest BCUT2D eigenvalue weighted by Gasteiger charge is -2.41. The molecule has 0 aliphatic carbocycles. The van der Waals surface area contributed by atoms with Crippen LogP contribution >= 0.6 is 11.6 Å².